The van der Waals surface area contributed by atoms with E-state index in [1.165, 1.54) is 6.92 Å². The average molecular weight is 257 g/mol. The van der Waals surface area contributed by atoms with Gasteiger partial charge in [-0.05, 0) is 48.5 Å². The lowest BCUT2D eigenvalue weighted by molar-refractivity contribution is -0.114. The molecule has 0 heterocycles. The van der Waals surface area contributed by atoms with Gasteiger partial charge >= 0.3 is 0 Å². The van der Waals surface area contributed by atoms with Gasteiger partial charge in [0.1, 0.15) is 5.75 Å². The maximum absolute atomic E-state index is 10.9. The second kappa shape index (κ2) is 5.88. The van der Waals surface area contributed by atoms with Crippen molar-refractivity contribution in [3.05, 3.63) is 48.5 Å². The number of nitrogens with one attached hydrogen (secondary N) is 2. The highest BCUT2D eigenvalue weighted by molar-refractivity contribution is 5.88. The average Bonchev–Trinajstić information content (AvgIpc) is 2.41. The van der Waals surface area contributed by atoms with Crippen molar-refractivity contribution in [3.63, 3.8) is 0 Å². The molecule has 0 aliphatic carbocycles. The molecule has 0 atom stereocenters. The van der Waals surface area contributed by atoms with E-state index in [0.717, 1.165) is 17.1 Å². The van der Waals surface area contributed by atoms with Crippen LogP contribution in [0.3, 0.4) is 0 Å². The summed E-state index contributed by atoms with van der Waals surface area (Å²) in [5.74, 6) is 5.57. The van der Waals surface area contributed by atoms with Crippen LogP contribution in [0.15, 0.2) is 48.5 Å². The van der Waals surface area contributed by atoms with Crippen LogP contribution in [-0.2, 0) is 4.79 Å². The van der Waals surface area contributed by atoms with Gasteiger partial charge in [-0.1, -0.05) is 0 Å². The number of carbonyl (C=O) groups excluding carboxylic acids is 1. The molecule has 0 bridgehead atoms. The molecule has 4 N–H and O–H groups in total. The molecule has 0 aromatic heterocycles. The number of amides is 1. The minimum atomic E-state index is -0.0851. The van der Waals surface area contributed by atoms with Crippen molar-refractivity contribution >= 4 is 23.0 Å². The van der Waals surface area contributed by atoms with Crippen molar-refractivity contribution in [2.24, 2.45) is 5.90 Å². The minimum absolute atomic E-state index is 0.0851. The molecule has 0 spiro atoms. The van der Waals surface area contributed by atoms with Crippen LogP contribution in [0.4, 0.5) is 17.1 Å². The highest BCUT2D eigenvalue weighted by Crippen LogP contribution is 2.21. The number of anilines is 3. The standard InChI is InChI=1S/C14H15N3O2/c1-10(18)16-11-2-4-12(5-3-11)17-13-6-8-14(19-15)9-7-13/h2-9,17H,15H2,1H3,(H,16,18). The van der Waals surface area contributed by atoms with Crippen molar-refractivity contribution in [2.45, 2.75) is 6.92 Å². The quantitative estimate of drug-likeness (QED) is 0.736. The molecule has 5 nitrogen and oxygen atoms in total. The van der Waals surface area contributed by atoms with E-state index < -0.39 is 0 Å². The lowest BCUT2D eigenvalue weighted by Gasteiger charge is -2.08. The Morgan fingerprint density at radius 2 is 1.42 bits per heavy atom. The van der Waals surface area contributed by atoms with Gasteiger partial charge in [0.2, 0.25) is 5.91 Å². The van der Waals surface area contributed by atoms with E-state index in [-0.39, 0.29) is 5.91 Å². The molecule has 2 aromatic carbocycles. The molecule has 98 valence electrons. The zero-order valence-electron chi connectivity index (χ0n) is 10.5. The number of hydrogen-bond donors (Lipinski definition) is 3. The maximum atomic E-state index is 10.9. The van der Waals surface area contributed by atoms with Gasteiger partial charge in [-0.2, -0.15) is 5.90 Å². The van der Waals surface area contributed by atoms with Gasteiger partial charge in [-0.25, -0.2) is 0 Å². The van der Waals surface area contributed by atoms with Crippen molar-refractivity contribution in [1.82, 2.24) is 0 Å². The van der Waals surface area contributed by atoms with Crippen LogP contribution in [0.1, 0.15) is 6.92 Å². The molecular formula is C14H15N3O2. The molecular weight excluding hydrogens is 242 g/mol. The lowest BCUT2D eigenvalue weighted by Crippen LogP contribution is -2.05. The summed E-state index contributed by atoms with van der Waals surface area (Å²) in [6.07, 6.45) is 0. The fourth-order valence-corrected chi connectivity index (χ4v) is 1.62. The zero-order valence-corrected chi connectivity index (χ0v) is 10.5. The third-order valence-electron chi connectivity index (χ3n) is 2.48. The molecule has 1 amide bonds. The van der Waals surface area contributed by atoms with Crippen LogP contribution in [0, 0.1) is 0 Å². The fraction of sp³-hybridized carbons (Fsp3) is 0.0714. The van der Waals surface area contributed by atoms with Crippen molar-refractivity contribution < 1.29 is 9.63 Å². The highest BCUT2D eigenvalue weighted by atomic mass is 16.6. The van der Waals surface area contributed by atoms with Crippen molar-refractivity contribution in [1.29, 1.82) is 0 Å². The van der Waals surface area contributed by atoms with Gasteiger partial charge in [0, 0.05) is 24.0 Å². The summed E-state index contributed by atoms with van der Waals surface area (Å²) in [4.78, 5) is 15.5. The maximum Gasteiger partial charge on any atom is 0.221 e. The number of benzene rings is 2. The molecule has 5 heteroatoms. The van der Waals surface area contributed by atoms with Crippen molar-refractivity contribution in [3.8, 4) is 5.75 Å². The Hall–Kier alpha value is -2.53. The summed E-state index contributed by atoms with van der Waals surface area (Å²) in [5.41, 5.74) is 2.62. The Bertz CT molecular complexity index is 550. The van der Waals surface area contributed by atoms with Gasteiger partial charge < -0.3 is 15.5 Å². The van der Waals surface area contributed by atoms with E-state index in [9.17, 15) is 4.79 Å². The first-order chi connectivity index (χ1) is 9.17. The van der Waals surface area contributed by atoms with E-state index in [4.69, 9.17) is 5.90 Å². The predicted octanol–water partition coefficient (Wildman–Crippen LogP) is 2.64. The lowest BCUT2D eigenvalue weighted by atomic mass is 10.2. The van der Waals surface area contributed by atoms with Crippen LogP contribution < -0.4 is 21.4 Å². The van der Waals surface area contributed by atoms with Gasteiger partial charge in [-0.15, -0.1) is 0 Å². The Morgan fingerprint density at radius 3 is 1.89 bits per heavy atom. The fourth-order valence-electron chi connectivity index (χ4n) is 1.62. The molecule has 0 fully saturated rings. The smallest absolute Gasteiger partial charge is 0.221 e. The second-order valence-corrected chi connectivity index (χ2v) is 4.03. The Balaban J connectivity index is 2.04. The van der Waals surface area contributed by atoms with E-state index in [2.05, 4.69) is 15.5 Å². The van der Waals surface area contributed by atoms with Crippen LogP contribution >= 0.6 is 0 Å². The van der Waals surface area contributed by atoms with Crippen LogP contribution in [-0.4, -0.2) is 5.91 Å². The van der Waals surface area contributed by atoms with Gasteiger partial charge in [0.15, 0.2) is 0 Å². The Kier molecular flexibility index (Phi) is 4.00. The number of hydrogen-bond acceptors (Lipinski definition) is 4. The molecule has 0 aliphatic heterocycles. The highest BCUT2D eigenvalue weighted by Gasteiger charge is 1.98. The zero-order chi connectivity index (χ0) is 13.7. The molecule has 0 aliphatic rings. The van der Waals surface area contributed by atoms with Gasteiger partial charge in [0.05, 0.1) is 0 Å². The normalized spacial score (nSPS) is 9.79. The SMILES string of the molecule is CC(=O)Nc1ccc(Nc2ccc(ON)cc2)cc1. The summed E-state index contributed by atoms with van der Waals surface area (Å²) in [6.45, 7) is 1.48. The molecule has 19 heavy (non-hydrogen) atoms. The largest absolute Gasteiger partial charge is 0.412 e. The second-order valence-electron chi connectivity index (χ2n) is 4.03. The minimum Gasteiger partial charge on any atom is -0.412 e. The Labute approximate surface area is 111 Å². The van der Waals surface area contributed by atoms with E-state index in [1.807, 2.05) is 36.4 Å². The molecule has 2 aromatic rings. The van der Waals surface area contributed by atoms with Gasteiger partial charge in [0.25, 0.3) is 0 Å². The molecule has 0 saturated carbocycles. The predicted molar refractivity (Wildman–Crippen MR) is 75.3 cm³/mol. The summed E-state index contributed by atoms with van der Waals surface area (Å²) in [7, 11) is 0. The first kappa shape index (κ1) is 12.9. The first-order valence-corrected chi connectivity index (χ1v) is 5.79. The molecule has 0 unspecified atom stereocenters. The molecule has 0 radical (unpaired) electrons. The topological polar surface area (TPSA) is 76.4 Å². The number of rotatable bonds is 4. The van der Waals surface area contributed by atoms with Crippen LogP contribution in [0.2, 0.25) is 0 Å². The summed E-state index contributed by atoms with van der Waals surface area (Å²) in [5, 5.41) is 5.94. The third-order valence-corrected chi connectivity index (χ3v) is 2.48. The van der Waals surface area contributed by atoms with Crippen LogP contribution in [0.5, 0.6) is 5.75 Å². The summed E-state index contributed by atoms with van der Waals surface area (Å²) in [6, 6.07) is 14.7. The van der Waals surface area contributed by atoms with Crippen LogP contribution in [0.25, 0.3) is 0 Å². The molecule has 0 saturated heterocycles. The number of carbonyl (C=O) groups is 1. The van der Waals surface area contributed by atoms with Gasteiger partial charge in [-0.3, -0.25) is 4.79 Å². The Morgan fingerprint density at radius 1 is 0.947 bits per heavy atom. The summed E-state index contributed by atoms with van der Waals surface area (Å²) < 4.78 is 0. The first-order valence-electron chi connectivity index (χ1n) is 5.79. The van der Waals surface area contributed by atoms with E-state index in [1.54, 1.807) is 12.1 Å². The third kappa shape index (κ3) is 3.72. The number of nitrogens with two attached hydrogens (primary N) is 1. The monoisotopic (exact) mass is 257 g/mol. The van der Waals surface area contributed by atoms with E-state index >= 15 is 0 Å². The molecule has 2 rings (SSSR count). The van der Waals surface area contributed by atoms with Crippen molar-refractivity contribution in [2.75, 3.05) is 10.6 Å². The van der Waals surface area contributed by atoms with E-state index in [0.29, 0.717) is 5.75 Å². The summed E-state index contributed by atoms with van der Waals surface area (Å²) >= 11 is 0.